The van der Waals surface area contributed by atoms with Crippen LogP contribution in [0.3, 0.4) is 0 Å². The molecular formula is C18H17ClN4O3. The average Bonchev–Trinajstić information content (AvgIpc) is 3.00. The van der Waals surface area contributed by atoms with Crippen molar-refractivity contribution < 1.29 is 14.7 Å². The second kappa shape index (κ2) is 7.45. The van der Waals surface area contributed by atoms with E-state index in [4.69, 9.17) is 11.6 Å². The van der Waals surface area contributed by atoms with Gasteiger partial charge in [-0.15, -0.1) is 0 Å². The number of benzene rings is 1. The molecule has 0 bridgehead atoms. The van der Waals surface area contributed by atoms with Gasteiger partial charge in [0, 0.05) is 30.4 Å². The van der Waals surface area contributed by atoms with Crippen LogP contribution < -0.4 is 10.6 Å². The number of carbonyl (C=O) groups excluding carboxylic acids is 2. The predicted molar refractivity (Wildman–Crippen MR) is 99.1 cm³/mol. The van der Waals surface area contributed by atoms with E-state index in [2.05, 4.69) is 20.6 Å². The molecule has 8 heteroatoms. The number of hydrogen-bond acceptors (Lipinski definition) is 4. The van der Waals surface area contributed by atoms with E-state index in [0.717, 1.165) is 16.5 Å². The van der Waals surface area contributed by atoms with E-state index < -0.39 is 11.9 Å². The number of pyridine rings is 1. The Morgan fingerprint density at radius 1 is 1.27 bits per heavy atom. The lowest BCUT2D eigenvalue weighted by Crippen LogP contribution is -2.44. The Kier molecular flexibility index (Phi) is 5.09. The minimum Gasteiger partial charge on any atom is -0.504 e. The second-order valence-electron chi connectivity index (χ2n) is 5.81. The number of hydrogen-bond donors (Lipinski definition) is 4. The highest BCUT2D eigenvalue weighted by molar-refractivity contribution is 6.29. The molecular weight excluding hydrogens is 356 g/mol. The van der Waals surface area contributed by atoms with Gasteiger partial charge in [0.2, 0.25) is 11.8 Å². The van der Waals surface area contributed by atoms with Crippen LogP contribution in [-0.2, 0) is 16.0 Å². The molecule has 1 unspecified atom stereocenters. The van der Waals surface area contributed by atoms with Crippen LogP contribution in [0.4, 0.5) is 5.82 Å². The minimum atomic E-state index is -0.841. The Bertz CT molecular complexity index is 970. The zero-order valence-electron chi connectivity index (χ0n) is 13.9. The zero-order valence-corrected chi connectivity index (χ0v) is 14.7. The standard InChI is InChI=1S/C18H17ClN4O3/c1-10(24)21-14(8-11-9-20-13-5-3-2-4-12(11)13)18(26)23-17-15(25)6-7-16(19)22-17/h2-7,9,14,20,25H,8H2,1H3,(H,21,24)(H,22,23,26). The molecule has 2 amide bonds. The van der Waals surface area contributed by atoms with Gasteiger partial charge in [-0.2, -0.15) is 0 Å². The molecule has 4 N–H and O–H groups in total. The van der Waals surface area contributed by atoms with Gasteiger partial charge in [-0.05, 0) is 23.8 Å². The first-order chi connectivity index (χ1) is 12.4. The number of nitrogens with one attached hydrogen (secondary N) is 3. The van der Waals surface area contributed by atoms with Crippen LogP contribution in [0.25, 0.3) is 10.9 Å². The van der Waals surface area contributed by atoms with Gasteiger partial charge >= 0.3 is 0 Å². The second-order valence-corrected chi connectivity index (χ2v) is 6.19. The summed E-state index contributed by atoms with van der Waals surface area (Å²) in [6.07, 6.45) is 2.08. The summed E-state index contributed by atoms with van der Waals surface area (Å²) < 4.78 is 0. The molecule has 0 fully saturated rings. The van der Waals surface area contributed by atoms with Crippen LogP contribution in [0.2, 0.25) is 5.15 Å². The smallest absolute Gasteiger partial charge is 0.248 e. The Hall–Kier alpha value is -3.06. The zero-order chi connectivity index (χ0) is 18.7. The van der Waals surface area contributed by atoms with E-state index in [-0.39, 0.29) is 29.0 Å². The molecule has 1 atom stereocenters. The fraction of sp³-hybridized carbons (Fsp3) is 0.167. The lowest BCUT2D eigenvalue weighted by molar-refractivity contribution is -0.125. The van der Waals surface area contributed by atoms with Gasteiger partial charge < -0.3 is 20.7 Å². The number of anilines is 1. The topological polar surface area (TPSA) is 107 Å². The maximum atomic E-state index is 12.6. The highest BCUT2D eigenvalue weighted by atomic mass is 35.5. The first-order valence-corrected chi connectivity index (χ1v) is 8.30. The van der Waals surface area contributed by atoms with E-state index in [1.165, 1.54) is 19.1 Å². The van der Waals surface area contributed by atoms with Crippen molar-refractivity contribution in [2.45, 2.75) is 19.4 Å². The van der Waals surface area contributed by atoms with Crippen molar-refractivity contribution in [1.29, 1.82) is 0 Å². The Balaban J connectivity index is 1.84. The van der Waals surface area contributed by atoms with E-state index in [0.29, 0.717) is 0 Å². The van der Waals surface area contributed by atoms with Crippen molar-refractivity contribution in [3.63, 3.8) is 0 Å². The van der Waals surface area contributed by atoms with E-state index in [9.17, 15) is 14.7 Å². The molecule has 0 aliphatic carbocycles. The third-order valence-electron chi connectivity index (χ3n) is 3.87. The highest BCUT2D eigenvalue weighted by Gasteiger charge is 2.23. The van der Waals surface area contributed by atoms with Crippen LogP contribution in [0.15, 0.2) is 42.6 Å². The summed E-state index contributed by atoms with van der Waals surface area (Å²) in [5.74, 6) is -1.11. The maximum Gasteiger partial charge on any atom is 0.248 e. The van der Waals surface area contributed by atoms with E-state index in [1.54, 1.807) is 0 Å². The van der Waals surface area contributed by atoms with Crippen molar-refractivity contribution in [3.05, 3.63) is 53.3 Å². The molecule has 0 aliphatic heterocycles. The molecule has 0 saturated heterocycles. The van der Waals surface area contributed by atoms with Crippen molar-refractivity contribution in [3.8, 4) is 5.75 Å². The van der Waals surface area contributed by atoms with Gasteiger partial charge in [0.25, 0.3) is 0 Å². The number of aromatic hydroxyl groups is 1. The Morgan fingerprint density at radius 2 is 2.04 bits per heavy atom. The monoisotopic (exact) mass is 372 g/mol. The summed E-state index contributed by atoms with van der Waals surface area (Å²) in [5, 5.41) is 16.1. The first-order valence-electron chi connectivity index (χ1n) is 7.92. The summed E-state index contributed by atoms with van der Waals surface area (Å²) in [6, 6.07) is 9.58. The maximum absolute atomic E-state index is 12.6. The molecule has 1 aromatic carbocycles. The first kappa shape index (κ1) is 17.8. The fourth-order valence-corrected chi connectivity index (χ4v) is 2.85. The number of H-pyrrole nitrogens is 1. The van der Waals surface area contributed by atoms with Gasteiger partial charge in [-0.1, -0.05) is 29.8 Å². The molecule has 2 aromatic heterocycles. The summed E-state index contributed by atoms with van der Waals surface area (Å²) >= 11 is 5.80. The summed E-state index contributed by atoms with van der Waals surface area (Å²) in [4.78, 5) is 31.2. The lowest BCUT2D eigenvalue weighted by Gasteiger charge is -2.17. The highest BCUT2D eigenvalue weighted by Crippen LogP contribution is 2.23. The average molecular weight is 373 g/mol. The number of fused-ring (bicyclic) bond motifs is 1. The van der Waals surface area contributed by atoms with Gasteiger partial charge in [-0.25, -0.2) is 4.98 Å². The number of amides is 2. The van der Waals surface area contributed by atoms with E-state index in [1.807, 2.05) is 30.5 Å². The van der Waals surface area contributed by atoms with Crippen LogP contribution >= 0.6 is 11.6 Å². The molecule has 134 valence electrons. The minimum absolute atomic E-state index is 0.0585. The third kappa shape index (κ3) is 3.94. The Morgan fingerprint density at radius 3 is 2.81 bits per heavy atom. The number of carbonyl (C=O) groups is 2. The largest absolute Gasteiger partial charge is 0.504 e. The number of rotatable bonds is 5. The number of aromatic nitrogens is 2. The lowest BCUT2D eigenvalue weighted by atomic mass is 10.0. The van der Waals surface area contributed by atoms with Crippen molar-refractivity contribution >= 4 is 40.1 Å². The molecule has 3 rings (SSSR count). The number of halogens is 1. The fourth-order valence-electron chi connectivity index (χ4n) is 2.70. The van der Waals surface area contributed by atoms with Crippen LogP contribution in [0.1, 0.15) is 12.5 Å². The molecule has 2 heterocycles. The molecule has 26 heavy (non-hydrogen) atoms. The van der Waals surface area contributed by atoms with Gasteiger partial charge in [-0.3, -0.25) is 9.59 Å². The molecule has 0 aliphatic rings. The Labute approximate surface area is 154 Å². The number of nitrogens with zero attached hydrogens (tertiary/aromatic N) is 1. The van der Waals surface area contributed by atoms with Crippen molar-refractivity contribution in [1.82, 2.24) is 15.3 Å². The molecule has 0 saturated carbocycles. The van der Waals surface area contributed by atoms with E-state index >= 15 is 0 Å². The van der Waals surface area contributed by atoms with Gasteiger partial charge in [0.05, 0.1) is 0 Å². The van der Waals surface area contributed by atoms with Crippen LogP contribution in [0, 0.1) is 0 Å². The summed E-state index contributed by atoms with van der Waals surface area (Å²) in [6.45, 7) is 1.34. The molecule has 7 nitrogen and oxygen atoms in total. The van der Waals surface area contributed by atoms with Crippen LogP contribution in [0.5, 0.6) is 5.75 Å². The van der Waals surface area contributed by atoms with Crippen LogP contribution in [-0.4, -0.2) is 32.9 Å². The summed E-state index contributed by atoms with van der Waals surface area (Å²) in [7, 11) is 0. The van der Waals surface area contributed by atoms with Crippen molar-refractivity contribution in [2.75, 3.05) is 5.32 Å². The van der Waals surface area contributed by atoms with Gasteiger partial charge in [0.1, 0.15) is 11.2 Å². The van der Waals surface area contributed by atoms with Crippen molar-refractivity contribution in [2.24, 2.45) is 0 Å². The molecule has 3 aromatic rings. The normalized spacial score (nSPS) is 11.9. The molecule has 0 spiro atoms. The van der Waals surface area contributed by atoms with Gasteiger partial charge in [0.15, 0.2) is 11.6 Å². The number of aromatic amines is 1. The predicted octanol–water partition coefficient (Wildman–Crippen LogP) is 2.61. The molecule has 0 radical (unpaired) electrons. The number of para-hydroxylation sites is 1. The SMILES string of the molecule is CC(=O)NC(Cc1c[nH]c2ccccc12)C(=O)Nc1nc(Cl)ccc1O. The quantitative estimate of drug-likeness (QED) is 0.516. The third-order valence-corrected chi connectivity index (χ3v) is 4.09. The summed E-state index contributed by atoms with van der Waals surface area (Å²) in [5.41, 5.74) is 1.83.